The summed E-state index contributed by atoms with van der Waals surface area (Å²) in [5.74, 6) is -0.107. The number of carbonyl (C=O) groups is 2. The van der Waals surface area contributed by atoms with Gasteiger partial charge >= 0.3 is 5.97 Å². The number of nitrogens with one attached hydrogen (secondary N) is 1. The topological polar surface area (TPSA) is 95.9 Å². The molecule has 3 N–H and O–H groups in total. The fourth-order valence-corrected chi connectivity index (χ4v) is 8.95. The lowest BCUT2D eigenvalue weighted by molar-refractivity contribution is -0.143. The molecule has 6 heteroatoms. The van der Waals surface area contributed by atoms with E-state index in [0.717, 1.165) is 83.5 Å². The molecule has 68 heavy (non-hydrogen) atoms. The lowest BCUT2D eigenvalue weighted by Gasteiger charge is -2.20. The first-order valence-electron chi connectivity index (χ1n) is 29.9. The van der Waals surface area contributed by atoms with Gasteiger partial charge in [0, 0.05) is 12.8 Å². The van der Waals surface area contributed by atoms with Crippen LogP contribution in [0.15, 0.2) is 48.6 Å². The molecule has 0 radical (unpaired) electrons. The molecule has 0 aromatic carbocycles. The van der Waals surface area contributed by atoms with E-state index in [2.05, 4.69) is 55.6 Å². The Bertz CT molecular complexity index is 1150. The monoisotopic (exact) mass is 954 g/mol. The van der Waals surface area contributed by atoms with E-state index in [4.69, 9.17) is 4.74 Å². The van der Waals surface area contributed by atoms with Crippen LogP contribution >= 0.6 is 0 Å². The van der Waals surface area contributed by atoms with Gasteiger partial charge in [-0.15, -0.1) is 0 Å². The van der Waals surface area contributed by atoms with Crippen molar-refractivity contribution < 1.29 is 24.5 Å². The Balaban J connectivity index is 3.53. The molecular formula is C62H115NO5. The molecule has 0 spiro atoms. The zero-order valence-corrected chi connectivity index (χ0v) is 45.3. The van der Waals surface area contributed by atoms with Crippen LogP contribution in [0.4, 0.5) is 0 Å². The van der Waals surface area contributed by atoms with Crippen molar-refractivity contribution in [2.24, 2.45) is 0 Å². The first-order valence-corrected chi connectivity index (χ1v) is 29.9. The lowest BCUT2D eigenvalue weighted by Crippen LogP contribution is -2.45. The number of hydrogen-bond donors (Lipinski definition) is 3. The van der Waals surface area contributed by atoms with Gasteiger partial charge in [0.05, 0.1) is 25.4 Å². The van der Waals surface area contributed by atoms with Gasteiger partial charge in [-0.3, -0.25) is 9.59 Å². The molecular weight excluding hydrogens is 839 g/mol. The van der Waals surface area contributed by atoms with E-state index in [1.807, 2.05) is 6.08 Å². The first kappa shape index (κ1) is 65.8. The molecule has 1 amide bonds. The molecule has 0 aromatic rings. The Morgan fingerprint density at radius 2 is 0.735 bits per heavy atom. The molecule has 0 aliphatic heterocycles. The molecule has 398 valence electrons. The average molecular weight is 955 g/mol. The van der Waals surface area contributed by atoms with Crippen molar-refractivity contribution >= 4 is 11.9 Å². The summed E-state index contributed by atoms with van der Waals surface area (Å²) in [7, 11) is 0. The summed E-state index contributed by atoms with van der Waals surface area (Å²) in [6.07, 6.45) is 72.8. The van der Waals surface area contributed by atoms with Crippen molar-refractivity contribution in [2.75, 3.05) is 13.2 Å². The summed E-state index contributed by atoms with van der Waals surface area (Å²) in [4.78, 5) is 24.5. The molecule has 0 fully saturated rings. The molecule has 2 atom stereocenters. The molecule has 0 aliphatic rings. The molecule has 6 nitrogen and oxygen atoms in total. The van der Waals surface area contributed by atoms with Crippen LogP contribution in [-0.2, 0) is 14.3 Å². The van der Waals surface area contributed by atoms with Crippen molar-refractivity contribution in [1.29, 1.82) is 0 Å². The van der Waals surface area contributed by atoms with E-state index >= 15 is 0 Å². The third-order valence-corrected chi connectivity index (χ3v) is 13.6. The molecule has 2 unspecified atom stereocenters. The maximum absolute atomic E-state index is 12.5. The second-order valence-corrected chi connectivity index (χ2v) is 20.3. The fraction of sp³-hybridized carbons (Fsp3) is 0.839. The Kier molecular flexibility index (Phi) is 55.6. The Morgan fingerprint density at radius 1 is 0.412 bits per heavy atom. The standard InChI is InChI=1S/C62H115NO5/c1-3-5-7-9-11-13-15-17-19-21-23-26-30-34-38-42-46-50-54-60(65)59(58-64)63-61(66)55-51-47-43-39-35-31-27-24-22-25-29-33-37-41-45-49-53-57-68-62(67)56-52-48-44-40-36-32-28-20-18-16-14-12-10-8-6-4-2/h20,22,25,28,33,37,50,54,59-60,64-65H,3-19,21,23-24,26-27,29-32,34-36,38-49,51-53,55-58H2,1-2H3,(H,63,66)/b25-22-,28-20-,37-33-,54-50+. The number of esters is 1. The summed E-state index contributed by atoms with van der Waals surface area (Å²) in [5.41, 5.74) is 0. The minimum atomic E-state index is -0.856. The van der Waals surface area contributed by atoms with Crippen molar-refractivity contribution in [3.63, 3.8) is 0 Å². The predicted octanol–water partition coefficient (Wildman–Crippen LogP) is 18.6. The molecule has 0 saturated heterocycles. The number of hydrogen-bond acceptors (Lipinski definition) is 5. The summed E-state index contributed by atoms with van der Waals surface area (Å²) >= 11 is 0. The number of aliphatic hydroxyl groups is 2. The molecule has 0 aromatic heterocycles. The minimum absolute atomic E-state index is 0.0240. The number of carbonyl (C=O) groups excluding carboxylic acids is 2. The largest absolute Gasteiger partial charge is 0.466 e. The van der Waals surface area contributed by atoms with E-state index < -0.39 is 12.1 Å². The zero-order chi connectivity index (χ0) is 49.3. The fourth-order valence-electron chi connectivity index (χ4n) is 8.95. The van der Waals surface area contributed by atoms with E-state index in [1.165, 1.54) is 199 Å². The van der Waals surface area contributed by atoms with E-state index in [-0.39, 0.29) is 18.5 Å². The van der Waals surface area contributed by atoms with Gasteiger partial charge in [-0.1, -0.05) is 249 Å². The number of allylic oxidation sites excluding steroid dienone is 7. The van der Waals surface area contributed by atoms with Crippen LogP contribution in [0.5, 0.6) is 0 Å². The number of aliphatic hydroxyl groups excluding tert-OH is 2. The Morgan fingerprint density at radius 3 is 1.13 bits per heavy atom. The quantitative estimate of drug-likeness (QED) is 0.0321. The predicted molar refractivity (Wildman–Crippen MR) is 296 cm³/mol. The van der Waals surface area contributed by atoms with Crippen LogP contribution in [-0.4, -0.2) is 47.4 Å². The zero-order valence-electron chi connectivity index (χ0n) is 45.3. The second kappa shape index (κ2) is 57.4. The normalized spacial score (nSPS) is 12.9. The van der Waals surface area contributed by atoms with Crippen LogP contribution in [0.1, 0.15) is 309 Å². The van der Waals surface area contributed by atoms with Crippen molar-refractivity contribution in [2.45, 2.75) is 321 Å². The van der Waals surface area contributed by atoms with Gasteiger partial charge in [-0.05, 0) is 96.3 Å². The van der Waals surface area contributed by atoms with Crippen LogP contribution in [0, 0.1) is 0 Å². The number of amides is 1. The van der Waals surface area contributed by atoms with Gasteiger partial charge in [0.25, 0.3) is 0 Å². The average Bonchev–Trinajstić information content (AvgIpc) is 3.34. The van der Waals surface area contributed by atoms with Gasteiger partial charge in [-0.2, -0.15) is 0 Å². The van der Waals surface area contributed by atoms with Crippen molar-refractivity contribution in [3.8, 4) is 0 Å². The van der Waals surface area contributed by atoms with E-state index in [1.54, 1.807) is 6.08 Å². The highest BCUT2D eigenvalue weighted by atomic mass is 16.5. The van der Waals surface area contributed by atoms with Gasteiger partial charge in [0.1, 0.15) is 0 Å². The van der Waals surface area contributed by atoms with Gasteiger partial charge in [0.15, 0.2) is 0 Å². The third-order valence-electron chi connectivity index (χ3n) is 13.6. The molecule has 0 rings (SSSR count). The molecule has 0 aliphatic carbocycles. The van der Waals surface area contributed by atoms with Crippen molar-refractivity contribution in [1.82, 2.24) is 5.32 Å². The Hall–Kier alpha value is -2.18. The van der Waals surface area contributed by atoms with E-state index in [9.17, 15) is 19.8 Å². The maximum Gasteiger partial charge on any atom is 0.305 e. The van der Waals surface area contributed by atoms with E-state index in [0.29, 0.717) is 19.4 Å². The van der Waals surface area contributed by atoms with Gasteiger partial charge < -0.3 is 20.3 Å². The van der Waals surface area contributed by atoms with Crippen LogP contribution in [0.3, 0.4) is 0 Å². The Labute approximate surface area is 423 Å². The minimum Gasteiger partial charge on any atom is -0.466 e. The highest BCUT2D eigenvalue weighted by molar-refractivity contribution is 5.76. The second-order valence-electron chi connectivity index (χ2n) is 20.3. The number of unbranched alkanes of at least 4 members (excludes halogenated alkanes) is 38. The molecule has 0 heterocycles. The van der Waals surface area contributed by atoms with Crippen LogP contribution in [0.25, 0.3) is 0 Å². The highest BCUT2D eigenvalue weighted by Crippen LogP contribution is 2.16. The molecule has 0 saturated carbocycles. The SMILES string of the molecule is CCCCCCCCC/C=C\CCCCCCCC(=O)OCCCCC/C=C\C/C=C\CCCCCCCCCC(=O)NC(CO)C(O)/C=C/CCCCCCCCCCCCCCCCCC. The third kappa shape index (κ3) is 53.2. The smallest absolute Gasteiger partial charge is 0.305 e. The first-order chi connectivity index (χ1) is 33.5. The summed E-state index contributed by atoms with van der Waals surface area (Å²) < 4.78 is 5.45. The van der Waals surface area contributed by atoms with Gasteiger partial charge in [0.2, 0.25) is 5.91 Å². The maximum atomic E-state index is 12.5. The van der Waals surface area contributed by atoms with Crippen LogP contribution in [0.2, 0.25) is 0 Å². The number of ether oxygens (including phenoxy) is 1. The summed E-state index contributed by atoms with van der Waals surface area (Å²) in [5, 5.41) is 23.1. The molecule has 0 bridgehead atoms. The lowest BCUT2D eigenvalue weighted by atomic mass is 10.0. The summed E-state index contributed by atoms with van der Waals surface area (Å²) in [6.45, 7) is 4.86. The van der Waals surface area contributed by atoms with Crippen LogP contribution < -0.4 is 5.32 Å². The highest BCUT2D eigenvalue weighted by Gasteiger charge is 2.18. The van der Waals surface area contributed by atoms with Gasteiger partial charge in [-0.25, -0.2) is 0 Å². The summed E-state index contributed by atoms with van der Waals surface area (Å²) in [6, 6.07) is -0.641. The number of rotatable bonds is 55. The van der Waals surface area contributed by atoms with Crippen molar-refractivity contribution in [3.05, 3.63) is 48.6 Å².